The highest BCUT2D eigenvalue weighted by Crippen LogP contribution is 2.32. The Hall–Kier alpha value is -0.820. The fourth-order valence-electron chi connectivity index (χ4n) is 2.37. The molecule has 0 amide bonds. The van der Waals surface area contributed by atoms with Gasteiger partial charge in [-0.25, -0.2) is 8.42 Å². The predicted octanol–water partition coefficient (Wildman–Crippen LogP) is 1.62. The van der Waals surface area contributed by atoms with Crippen molar-refractivity contribution >= 4 is 27.3 Å². The van der Waals surface area contributed by atoms with E-state index in [1.807, 2.05) is 0 Å². The summed E-state index contributed by atoms with van der Waals surface area (Å²) in [7, 11) is -3.66. The topological polar surface area (TPSA) is 83.6 Å². The summed E-state index contributed by atoms with van der Waals surface area (Å²) in [5, 5.41) is 9.75. The molecule has 0 aromatic heterocycles. The van der Waals surface area contributed by atoms with Crippen molar-refractivity contribution in [1.29, 1.82) is 0 Å². The molecular formula is C13H19ClN2O3S. The average molecular weight is 319 g/mol. The third kappa shape index (κ3) is 2.79. The molecule has 0 spiro atoms. The van der Waals surface area contributed by atoms with Crippen LogP contribution in [0.4, 0.5) is 5.69 Å². The number of aliphatic hydroxyl groups is 1. The molecule has 1 heterocycles. The molecule has 1 aliphatic heterocycles. The van der Waals surface area contributed by atoms with E-state index in [0.717, 1.165) is 5.56 Å². The van der Waals surface area contributed by atoms with E-state index in [1.165, 1.54) is 10.4 Å². The van der Waals surface area contributed by atoms with Crippen LogP contribution >= 0.6 is 11.6 Å². The van der Waals surface area contributed by atoms with Crippen molar-refractivity contribution in [3.8, 4) is 0 Å². The van der Waals surface area contributed by atoms with Crippen LogP contribution < -0.4 is 5.73 Å². The van der Waals surface area contributed by atoms with Crippen LogP contribution in [0, 0.1) is 12.8 Å². The van der Waals surface area contributed by atoms with Gasteiger partial charge in [0.2, 0.25) is 10.0 Å². The van der Waals surface area contributed by atoms with Crippen LogP contribution in [-0.4, -0.2) is 37.0 Å². The van der Waals surface area contributed by atoms with Gasteiger partial charge in [0.25, 0.3) is 0 Å². The molecule has 5 nitrogen and oxygen atoms in total. The maximum atomic E-state index is 12.6. The molecule has 0 aliphatic carbocycles. The third-order valence-electron chi connectivity index (χ3n) is 3.81. The first kappa shape index (κ1) is 15.6. The average Bonchev–Trinajstić information content (AvgIpc) is 2.83. The monoisotopic (exact) mass is 318 g/mol. The van der Waals surface area contributed by atoms with Gasteiger partial charge in [0.1, 0.15) is 4.90 Å². The van der Waals surface area contributed by atoms with Crippen molar-refractivity contribution in [2.45, 2.75) is 31.3 Å². The lowest BCUT2D eigenvalue weighted by molar-refractivity contribution is 0.133. The molecule has 1 aromatic carbocycles. The van der Waals surface area contributed by atoms with Crippen molar-refractivity contribution in [1.82, 2.24) is 4.31 Å². The smallest absolute Gasteiger partial charge is 0.244 e. The van der Waals surface area contributed by atoms with E-state index in [0.29, 0.717) is 25.2 Å². The Balaban J connectivity index is 2.35. The zero-order chi connectivity index (χ0) is 15.1. The standard InChI is InChI=1S/C13H19ClN2O3S/c1-8-5-11(14)13(6-12(8)15)20(18,19)16-4-3-10(7-16)9(2)17/h5-6,9-10,17H,3-4,7,15H2,1-2H3. The molecule has 1 saturated heterocycles. The summed E-state index contributed by atoms with van der Waals surface area (Å²) in [6.07, 6.45) is 0.129. The first-order chi connectivity index (χ1) is 9.23. The molecule has 20 heavy (non-hydrogen) atoms. The highest BCUT2D eigenvalue weighted by atomic mass is 35.5. The van der Waals surface area contributed by atoms with Crippen LogP contribution in [0.15, 0.2) is 17.0 Å². The van der Waals surface area contributed by atoms with Crippen molar-refractivity contribution in [2.75, 3.05) is 18.8 Å². The Morgan fingerprint density at radius 1 is 1.50 bits per heavy atom. The van der Waals surface area contributed by atoms with E-state index >= 15 is 0 Å². The Morgan fingerprint density at radius 2 is 2.15 bits per heavy atom. The van der Waals surface area contributed by atoms with Gasteiger partial charge in [-0.05, 0) is 43.9 Å². The number of halogens is 1. The minimum absolute atomic E-state index is 0.0357. The van der Waals surface area contributed by atoms with Crippen LogP contribution in [0.5, 0.6) is 0 Å². The van der Waals surface area contributed by atoms with Gasteiger partial charge in [0, 0.05) is 18.8 Å². The predicted molar refractivity (Wildman–Crippen MR) is 79.1 cm³/mol. The number of nitrogens with two attached hydrogens (primary N) is 1. The number of anilines is 1. The third-order valence-corrected chi connectivity index (χ3v) is 6.14. The summed E-state index contributed by atoms with van der Waals surface area (Å²) in [5.41, 5.74) is 6.93. The zero-order valence-corrected chi connectivity index (χ0v) is 13.1. The molecule has 1 fully saturated rings. The fourth-order valence-corrected chi connectivity index (χ4v) is 4.47. The van der Waals surface area contributed by atoms with E-state index in [1.54, 1.807) is 19.9 Å². The summed E-state index contributed by atoms with van der Waals surface area (Å²) >= 11 is 6.05. The van der Waals surface area contributed by atoms with E-state index in [9.17, 15) is 13.5 Å². The van der Waals surface area contributed by atoms with Crippen LogP contribution in [0.1, 0.15) is 18.9 Å². The summed E-state index contributed by atoms with van der Waals surface area (Å²) in [6.45, 7) is 4.15. The minimum Gasteiger partial charge on any atom is -0.398 e. The number of benzene rings is 1. The molecule has 2 unspecified atom stereocenters. The number of sulfonamides is 1. The lowest BCUT2D eigenvalue weighted by atomic mass is 10.0. The number of aliphatic hydroxyl groups excluding tert-OH is 1. The van der Waals surface area contributed by atoms with Crippen LogP contribution in [0.25, 0.3) is 0 Å². The summed E-state index contributed by atoms with van der Waals surface area (Å²) < 4.78 is 26.5. The maximum absolute atomic E-state index is 12.6. The Bertz CT molecular complexity index is 616. The van der Waals surface area contributed by atoms with Gasteiger partial charge in [-0.3, -0.25) is 0 Å². The van der Waals surface area contributed by atoms with Crippen LogP contribution in [0.3, 0.4) is 0 Å². The molecule has 0 saturated carbocycles. The van der Waals surface area contributed by atoms with E-state index in [4.69, 9.17) is 17.3 Å². The van der Waals surface area contributed by atoms with Gasteiger partial charge in [0.05, 0.1) is 11.1 Å². The van der Waals surface area contributed by atoms with Gasteiger partial charge in [-0.1, -0.05) is 11.6 Å². The molecule has 7 heteroatoms. The molecule has 0 radical (unpaired) electrons. The molecule has 1 aromatic rings. The number of nitrogens with zero attached hydrogens (tertiary/aromatic N) is 1. The van der Waals surface area contributed by atoms with Gasteiger partial charge in [0.15, 0.2) is 0 Å². The highest BCUT2D eigenvalue weighted by Gasteiger charge is 2.35. The highest BCUT2D eigenvalue weighted by molar-refractivity contribution is 7.89. The lowest BCUT2D eigenvalue weighted by Gasteiger charge is -2.19. The zero-order valence-electron chi connectivity index (χ0n) is 11.5. The molecule has 2 atom stereocenters. The normalized spacial score (nSPS) is 22.1. The Morgan fingerprint density at radius 3 is 2.70 bits per heavy atom. The first-order valence-corrected chi connectivity index (χ1v) is 8.29. The summed E-state index contributed by atoms with van der Waals surface area (Å²) in [6, 6.07) is 2.97. The van der Waals surface area contributed by atoms with Crippen LogP contribution in [0.2, 0.25) is 5.02 Å². The molecule has 2 rings (SSSR count). The number of aryl methyl sites for hydroxylation is 1. The summed E-state index contributed by atoms with van der Waals surface area (Å²) in [5.74, 6) is -0.0358. The quantitative estimate of drug-likeness (QED) is 0.830. The lowest BCUT2D eigenvalue weighted by Crippen LogP contribution is -2.30. The van der Waals surface area contributed by atoms with E-state index in [-0.39, 0.29) is 15.8 Å². The van der Waals surface area contributed by atoms with E-state index in [2.05, 4.69) is 0 Å². The second kappa shape index (κ2) is 5.52. The van der Waals surface area contributed by atoms with Crippen molar-refractivity contribution in [3.05, 3.63) is 22.7 Å². The van der Waals surface area contributed by atoms with Gasteiger partial charge in [-0.2, -0.15) is 4.31 Å². The second-order valence-electron chi connectivity index (χ2n) is 5.29. The number of nitrogen functional groups attached to an aromatic ring is 1. The van der Waals surface area contributed by atoms with Gasteiger partial charge in [-0.15, -0.1) is 0 Å². The molecule has 3 N–H and O–H groups in total. The molecule has 112 valence electrons. The first-order valence-electron chi connectivity index (χ1n) is 6.47. The van der Waals surface area contributed by atoms with Crippen LogP contribution in [-0.2, 0) is 10.0 Å². The minimum atomic E-state index is -3.66. The molecular weight excluding hydrogens is 300 g/mol. The van der Waals surface area contributed by atoms with Crippen molar-refractivity contribution < 1.29 is 13.5 Å². The van der Waals surface area contributed by atoms with Crippen molar-refractivity contribution in [3.63, 3.8) is 0 Å². The van der Waals surface area contributed by atoms with Gasteiger partial charge < -0.3 is 10.8 Å². The number of hydrogen-bond donors (Lipinski definition) is 2. The van der Waals surface area contributed by atoms with Crippen molar-refractivity contribution in [2.24, 2.45) is 5.92 Å². The molecule has 1 aliphatic rings. The number of hydrogen-bond acceptors (Lipinski definition) is 4. The largest absolute Gasteiger partial charge is 0.398 e. The van der Waals surface area contributed by atoms with E-state index < -0.39 is 16.1 Å². The Labute approximate surface area is 124 Å². The molecule has 0 bridgehead atoms. The maximum Gasteiger partial charge on any atom is 0.244 e. The van der Waals surface area contributed by atoms with Gasteiger partial charge >= 0.3 is 0 Å². The number of rotatable bonds is 3. The second-order valence-corrected chi connectivity index (χ2v) is 7.61. The Kier molecular flexibility index (Phi) is 4.30. The SMILES string of the molecule is Cc1cc(Cl)c(S(=O)(=O)N2CCC(C(C)O)C2)cc1N. The fraction of sp³-hybridized carbons (Fsp3) is 0.538. The summed E-state index contributed by atoms with van der Waals surface area (Å²) in [4.78, 5) is 0.0357.